The zero-order chi connectivity index (χ0) is 27.5. The number of halogens is 5. The second kappa shape index (κ2) is 9.07. The summed E-state index contributed by atoms with van der Waals surface area (Å²) in [5.74, 6) is -4.18. The molecule has 13 heteroatoms. The van der Waals surface area contributed by atoms with Gasteiger partial charge in [-0.25, -0.2) is 23.5 Å². The first kappa shape index (κ1) is 26.1. The minimum Gasteiger partial charge on any atom is -0.453 e. The fourth-order valence-electron chi connectivity index (χ4n) is 4.87. The van der Waals surface area contributed by atoms with Crippen LogP contribution in [0.4, 0.5) is 38.4 Å². The fourth-order valence-corrected chi connectivity index (χ4v) is 4.87. The highest BCUT2D eigenvalue weighted by molar-refractivity contribution is 6.01. The molecule has 1 aromatic carbocycles. The number of nitrogens with one attached hydrogen (secondary N) is 4. The van der Waals surface area contributed by atoms with Gasteiger partial charge in [0.05, 0.1) is 24.2 Å². The van der Waals surface area contributed by atoms with Crippen molar-refractivity contribution in [3.63, 3.8) is 0 Å². The maximum Gasteiger partial charge on any atom is 0.419 e. The first-order valence-electron chi connectivity index (χ1n) is 12.1. The summed E-state index contributed by atoms with van der Waals surface area (Å²) in [6.07, 6.45) is -2.38. The molecule has 2 fully saturated rings. The van der Waals surface area contributed by atoms with E-state index in [0.717, 1.165) is 26.1 Å². The number of rotatable bonds is 5. The van der Waals surface area contributed by atoms with E-state index < -0.39 is 36.1 Å². The number of H-pyrrole nitrogens is 1. The Morgan fingerprint density at radius 2 is 1.97 bits per heavy atom. The van der Waals surface area contributed by atoms with Crippen LogP contribution in [0.25, 0.3) is 22.2 Å². The van der Waals surface area contributed by atoms with Gasteiger partial charge in [0.1, 0.15) is 5.56 Å². The quantitative estimate of drug-likeness (QED) is 0.302. The second-order valence-electron chi connectivity index (χ2n) is 10.4. The lowest BCUT2D eigenvalue weighted by Gasteiger charge is -2.36. The number of benzene rings is 1. The molecule has 5 rings (SSSR count). The van der Waals surface area contributed by atoms with Gasteiger partial charge in [-0.1, -0.05) is 6.07 Å². The van der Waals surface area contributed by atoms with E-state index in [1.54, 1.807) is 0 Å². The molecule has 1 saturated heterocycles. The largest absolute Gasteiger partial charge is 0.453 e. The van der Waals surface area contributed by atoms with Crippen molar-refractivity contribution in [2.75, 3.05) is 24.3 Å². The van der Waals surface area contributed by atoms with Crippen LogP contribution in [0.3, 0.4) is 0 Å². The number of alkyl halides is 5. The van der Waals surface area contributed by atoms with Gasteiger partial charge in [-0.05, 0) is 32.8 Å². The van der Waals surface area contributed by atoms with Gasteiger partial charge in [0.15, 0.2) is 0 Å². The minimum atomic E-state index is -4.76. The molecule has 2 aliphatic rings. The monoisotopic (exact) mass is 538 g/mol. The third kappa shape index (κ3) is 4.98. The summed E-state index contributed by atoms with van der Waals surface area (Å²) >= 11 is 0. The number of amides is 1. The number of hydrogen-bond donors (Lipinski definition) is 4. The van der Waals surface area contributed by atoms with E-state index in [1.165, 1.54) is 18.3 Å². The summed E-state index contributed by atoms with van der Waals surface area (Å²) in [5, 5.41) is 9.17. The highest BCUT2D eigenvalue weighted by atomic mass is 19.4. The lowest BCUT2D eigenvalue weighted by atomic mass is 9.91. The molecule has 1 saturated carbocycles. The molecule has 0 radical (unpaired) electrons. The normalized spacial score (nSPS) is 22.2. The van der Waals surface area contributed by atoms with Crippen molar-refractivity contribution in [1.29, 1.82) is 0 Å². The number of carbonyl (C=O) groups is 1. The molecule has 1 amide bonds. The number of hydrogen-bond acceptors (Lipinski definition) is 6. The lowest BCUT2D eigenvalue weighted by Crippen LogP contribution is -2.50. The fraction of sp³-hybridized carbons (Fsp3) is 0.480. The molecular formula is C25H27F5N6O2. The molecule has 1 aliphatic carbocycles. The van der Waals surface area contributed by atoms with Gasteiger partial charge in [-0.3, -0.25) is 5.32 Å². The smallest absolute Gasteiger partial charge is 0.419 e. The Labute approximate surface area is 214 Å². The van der Waals surface area contributed by atoms with E-state index in [2.05, 4.69) is 49.5 Å². The first-order chi connectivity index (χ1) is 17.8. The molecular weight excluding hydrogens is 511 g/mol. The van der Waals surface area contributed by atoms with E-state index in [1.807, 2.05) is 0 Å². The Morgan fingerprint density at radius 1 is 1.24 bits per heavy atom. The lowest BCUT2D eigenvalue weighted by molar-refractivity contribution is -0.137. The number of aromatic amines is 1. The molecule has 8 nitrogen and oxygen atoms in total. The van der Waals surface area contributed by atoms with Crippen LogP contribution in [0, 0.1) is 0 Å². The van der Waals surface area contributed by atoms with Gasteiger partial charge >= 0.3 is 12.3 Å². The summed E-state index contributed by atoms with van der Waals surface area (Å²) in [4.78, 5) is 22.8. The Balaban J connectivity index is 1.58. The molecule has 2 atom stereocenters. The molecule has 3 heterocycles. The number of fused-ring (bicyclic) bond motifs is 1. The number of carbonyl (C=O) groups excluding carboxylic acids is 1. The van der Waals surface area contributed by atoms with Gasteiger partial charge in [-0.15, -0.1) is 0 Å². The topological polar surface area (TPSA) is 104 Å². The van der Waals surface area contributed by atoms with Crippen molar-refractivity contribution in [3.05, 3.63) is 35.7 Å². The second-order valence-corrected chi connectivity index (χ2v) is 10.4. The van der Waals surface area contributed by atoms with Gasteiger partial charge < -0.3 is 20.4 Å². The molecule has 4 N–H and O–H groups in total. The highest BCUT2D eigenvalue weighted by Crippen LogP contribution is 2.59. The number of methoxy groups -OCH3 is 1. The molecule has 204 valence electrons. The van der Waals surface area contributed by atoms with Crippen molar-refractivity contribution in [3.8, 4) is 11.3 Å². The van der Waals surface area contributed by atoms with Gasteiger partial charge in [0.2, 0.25) is 5.95 Å². The van der Waals surface area contributed by atoms with Crippen molar-refractivity contribution >= 4 is 28.6 Å². The first-order valence-corrected chi connectivity index (χ1v) is 12.1. The van der Waals surface area contributed by atoms with Gasteiger partial charge in [0.25, 0.3) is 5.92 Å². The van der Waals surface area contributed by atoms with Crippen molar-refractivity contribution < 1.29 is 31.5 Å². The Morgan fingerprint density at radius 3 is 2.58 bits per heavy atom. The van der Waals surface area contributed by atoms with Crippen molar-refractivity contribution in [2.24, 2.45) is 0 Å². The Kier molecular flexibility index (Phi) is 6.24. The van der Waals surface area contributed by atoms with Crippen LogP contribution in [-0.2, 0) is 10.9 Å². The number of piperidine rings is 1. The summed E-state index contributed by atoms with van der Waals surface area (Å²) in [5.41, 5.74) is -1.01. The van der Waals surface area contributed by atoms with Crippen LogP contribution in [-0.4, -0.2) is 52.2 Å². The van der Waals surface area contributed by atoms with E-state index in [-0.39, 0.29) is 50.9 Å². The summed E-state index contributed by atoms with van der Waals surface area (Å²) in [6.45, 7) is 4.74. The third-order valence-corrected chi connectivity index (χ3v) is 7.12. The van der Waals surface area contributed by atoms with Crippen LogP contribution >= 0.6 is 0 Å². The van der Waals surface area contributed by atoms with Crippen molar-refractivity contribution in [1.82, 2.24) is 20.3 Å². The Bertz CT molecular complexity index is 1380. The summed E-state index contributed by atoms with van der Waals surface area (Å²) < 4.78 is 74.9. The molecule has 0 spiro atoms. The number of aromatic nitrogens is 3. The van der Waals surface area contributed by atoms with E-state index in [4.69, 9.17) is 0 Å². The SMILES string of the molecule is COC(=O)Nc1ccc2c(-c3nc(N[C@H]4CCC(C)(C)NC4)ncc3C(F)(F)F)c[nH]c2c1C1CC1(F)F. The molecule has 0 bridgehead atoms. The van der Waals surface area contributed by atoms with Gasteiger partial charge in [-0.2, -0.15) is 13.2 Å². The minimum absolute atomic E-state index is 0.0341. The maximum absolute atomic E-state index is 14.1. The van der Waals surface area contributed by atoms with Crippen LogP contribution in [0.15, 0.2) is 24.5 Å². The Hall–Kier alpha value is -3.48. The predicted octanol–water partition coefficient (Wildman–Crippen LogP) is 5.89. The highest BCUT2D eigenvalue weighted by Gasteiger charge is 2.59. The average Bonchev–Trinajstić information content (AvgIpc) is 3.26. The third-order valence-electron chi connectivity index (χ3n) is 7.12. The van der Waals surface area contributed by atoms with Crippen LogP contribution in [0.5, 0.6) is 0 Å². The van der Waals surface area contributed by atoms with Crippen molar-refractivity contribution in [2.45, 2.75) is 62.7 Å². The van der Waals surface area contributed by atoms with Crippen LogP contribution in [0.2, 0.25) is 0 Å². The van der Waals surface area contributed by atoms with E-state index in [9.17, 15) is 26.7 Å². The molecule has 1 aliphatic heterocycles. The zero-order valence-corrected chi connectivity index (χ0v) is 20.9. The standard InChI is InChI=1S/C25H27F5N6O2/c1-23(2)7-6-12(9-33-23)34-21-32-11-16(25(28,29)30)19(36-21)14-10-31-20-13(14)4-5-17(35-22(37)38-3)18(20)15-8-24(15,26)27/h4-5,10-12,15,31,33H,6-9H2,1-3H3,(H,35,37)(H,32,34,36)/t12-,15?/m0/s1. The number of nitrogens with zero attached hydrogens (tertiary/aromatic N) is 2. The van der Waals surface area contributed by atoms with E-state index in [0.29, 0.717) is 6.54 Å². The maximum atomic E-state index is 14.1. The molecule has 3 aromatic rings. The molecule has 38 heavy (non-hydrogen) atoms. The zero-order valence-electron chi connectivity index (χ0n) is 20.9. The summed E-state index contributed by atoms with van der Waals surface area (Å²) in [7, 11) is 1.13. The molecule has 2 aromatic heterocycles. The number of anilines is 2. The molecule has 1 unspecified atom stereocenters. The van der Waals surface area contributed by atoms with E-state index >= 15 is 0 Å². The summed E-state index contributed by atoms with van der Waals surface area (Å²) in [6, 6.07) is 2.76. The number of ether oxygens (including phenoxy) is 1. The average molecular weight is 539 g/mol. The van der Waals surface area contributed by atoms with Crippen LogP contribution < -0.4 is 16.0 Å². The van der Waals surface area contributed by atoms with Gasteiger partial charge in [0, 0.05) is 59.1 Å². The van der Waals surface area contributed by atoms with Crippen LogP contribution in [0.1, 0.15) is 50.2 Å². The predicted molar refractivity (Wildman–Crippen MR) is 131 cm³/mol.